The van der Waals surface area contributed by atoms with Gasteiger partial charge in [-0.1, -0.05) is 141 Å². The average Bonchev–Trinajstić information content (AvgIpc) is 3.52. The largest absolute Gasteiger partial charge is 0.310 e. The van der Waals surface area contributed by atoms with Gasteiger partial charge in [0.25, 0.3) is 0 Å². The van der Waals surface area contributed by atoms with Crippen LogP contribution in [0.15, 0.2) is 192 Å². The molecule has 1 aromatic heterocycles. The quantitative estimate of drug-likeness (QED) is 0.178. The van der Waals surface area contributed by atoms with Crippen LogP contribution in [0.3, 0.4) is 0 Å². The summed E-state index contributed by atoms with van der Waals surface area (Å²) in [5, 5.41) is 4.98. The number of para-hydroxylation sites is 2. The molecule has 1 aliphatic heterocycles. The number of benzene rings is 8. The molecule has 0 fully saturated rings. The van der Waals surface area contributed by atoms with E-state index in [0.29, 0.717) is 0 Å². The van der Waals surface area contributed by atoms with Crippen LogP contribution >= 0.6 is 11.8 Å². The Hall–Kier alpha value is -6.03. The molecule has 10 rings (SSSR count). The lowest BCUT2D eigenvalue weighted by Gasteiger charge is -2.36. The van der Waals surface area contributed by atoms with Gasteiger partial charge in [0.15, 0.2) is 0 Å². The molecule has 0 amide bonds. The Kier molecular flexibility index (Phi) is 7.12. The molecule has 9 aromatic rings. The number of hydrogen-bond donors (Lipinski definition) is 0. The standard InChI is InChI=1S/C49H36N2S/c1-49(2)42-19-9-11-22-47(42)52-48-32-38(28-29-43(48)49)50(44-21-12-14-34-13-6-7-17-39(34)44)37-26-23-33(24-27-37)35-25-30-46-41(31-35)40-18-8-10-20-45(40)51(46)36-15-4-3-5-16-36/h3-32H,1-2H3. The van der Waals surface area contributed by atoms with E-state index in [2.05, 4.69) is 205 Å². The van der Waals surface area contributed by atoms with Gasteiger partial charge >= 0.3 is 0 Å². The minimum absolute atomic E-state index is 0.0733. The van der Waals surface area contributed by atoms with E-state index in [9.17, 15) is 0 Å². The maximum absolute atomic E-state index is 2.43. The van der Waals surface area contributed by atoms with Crippen molar-refractivity contribution in [2.24, 2.45) is 0 Å². The second-order valence-electron chi connectivity index (χ2n) is 14.2. The van der Waals surface area contributed by atoms with Crippen molar-refractivity contribution in [2.45, 2.75) is 29.1 Å². The molecule has 0 saturated heterocycles. The van der Waals surface area contributed by atoms with Crippen LogP contribution in [-0.4, -0.2) is 4.57 Å². The minimum atomic E-state index is -0.0733. The summed E-state index contributed by atoms with van der Waals surface area (Å²) in [7, 11) is 0. The SMILES string of the molecule is CC1(C)c2ccccc2Sc2cc(N(c3ccc(-c4ccc5c(c4)c4ccccc4n5-c4ccccc4)cc3)c3cccc4ccccc34)ccc21. The van der Waals surface area contributed by atoms with E-state index in [1.54, 1.807) is 0 Å². The van der Waals surface area contributed by atoms with E-state index in [4.69, 9.17) is 0 Å². The van der Waals surface area contributed by atoms with Gasteiger partial charge in [-0.05, 0) is 94.4 Å². The van der Waals surface area contributed by atoms with Gasteiger partial charge < -0.3 is 9.47 Å². The fourth-order valence-electron chi connectivity index (χ4n) is 8.23. The van der Waals surface area contributed by atoms with Crippen molar-refractivity contribution < 1.29 is 0 Å². The van der Waals surface area contributed by atoms with Crippen LogP contribution in [0.5, 0.6) is 0 Å². The fraction of sp³-hybridized carbons (Fsp3) is 0.0612. The zero-order valence-electron chi connectivity index (χ0n) is 29.1. The van der Waals surface area contributed by atoms with Crippen molar-refractivity contribution >= 4 is 61.4 Å². The lowest BCUT2D eigenvalue weighted by Crippen LogP contribution is -2.24. The van der Waals surface area contributed by atoms with E-state index in [-0.39, 0.29) is 5.41 Å². The molecule has 1 aliphatic rings. The molecule has 52 heavy (non-hydrogen) atoms. The van der Waals surface area contributed by atoms with Gasteiger partial charge in [0, 0.05) is 48.4 Å². The maximum Gasteiger partial charge on any atom is 0.0541 e. The summed E-state index contributed by atoms with van der Waals surface area (Å²) in [6.07, 6.45) is 0. The average molecular weight is 685 g/mol. The normalized spacial score (nSPS) is 13.3. The third-order valence-corrected chi connectivity index (χ3v) is 12.0. The van der Waals surface area contributed by atoms with Crippen LogP contribution in [0.2, 0.25) is 0 Å². The van der Waals surface area contributed by atoms with E-state index in [0.717, 1.165) is 11.4 Å². The number of hydrogen-bond acceptors (Lipinski definition) is 2. The van der Waals surface area contributed by atoms with Gasteiger partial charge in [0.05, 0.1) is 16.7 Å². The van der Waals surface area contributed by atoms with Gasteiger partial charge in [-0.3, -0.25) is 0 Å². The molecule has 248 valence electrons. The molecule has 0 bridgehead atoms. The second-order valence-corrected chi connectivity index (χ2v) is 15.3. The van der Waals surface area contributed by atoms with Crippen LogP contribution < -0.4 is 4.90 Å². The van der Waals surface area contributed by atoms with Gasteiger partial charge in [0.1, 0.15) is 0 Å². The fourth-order valence-corrected chi connectivity index (χ4v) is 9.66. The Balaban J connectivity index is 1.09. The molecule has 0 N–H and O–H groups in total. The number of anilines is 3. The topological polar surface area (TPSA) is 8.17 Å². The summed E-state index contributed by atoms with van der Waals surface area (Å²) in [6.45, 7) is 4.70. The molecular weight excluding hydrogens is 649 g/mol. The molecule has 8 aromatic carbocycles. The summed E-state index contributed by atoms with van der Waals surface area (Å²) in [5.74, 6) is 0. The highest BCUT2D eigenvalue weighted by atomic mass is 32.2. The molecule has 0 unspecified atom stereocenters. The Bertz CT molecular complexity index is 2790. The molecule has 0 spiro atoms. The molecule has 2 nitrogen and oxygen atoms in total. The summed E-state index contributed by atoms with van der Waals surface area (Å²) < 4.78 is 2.37. The van der Waals surface area contributed by atoms with Crippen molar-refractivity contribution in [1.82, 2.24) is 4.57 Å². The van der Waals surface area contributed by atoms with Gasteiger partial charge in [-0.25, -0.2) is 0 Å². The highest BCUT2D eigenvalue weighted by Crippen LogP contribution is 2.51. The lowest BCUT2D eigenvalue weighted by molar-refractivity contribution is 0.607. The van der Waals surface area contributed by atoms with Gasteiger partial charge in [-0.2, -0.15) is 0 Å². The first-order valence-corrected chi connectivity index (χ1v) is 18.8. The third-order valence-electron chi connectivity index (χ3n) is 10.8. The number of nitrogens with zero attached hydrogens (tertiary/aromatic N) is 2. The Morgan fingerprint density at radius 3 is 1.98 bits per heavy atom. The van der Waals surface area contributed by atoms with E-state index >= 15 is 0 Å². The first-order valence-electron chi connectivity index (χ1n) is 17.9. The van der Waals surface area contributed by atoms with E-state index in [1.807, 2.05) is 11.8 Å². The van der Waals surface area contributed by atoms with E-state index < -0.39 is 0 Å². The number of fused-ring (bicyclic) bond motifs is 6. The zero-order chi connectivity index (χ0) is 34.8. The highest BCUT2D eigenvalue weighted by molar-refractivity contribution is 7.99. The first kappa shape index (κ1) is 30.8. The molecule has 2 heterocycles. The van der Waals surface area contributed by atoms with Gasteiger partial charge in [0.2, 0.25) is 0 Å². The molecular formula is C49H36N2S. The van der Waals surface area contributed by atoms with Crippen LogP contribution in [-0.2, 0) is 5.41 Å². The Labute approximate surface area is 308 Å². The van der Waals surface area contributed by atoms with Crippen molar-refractivity contribution in [3.05, 3.63) is 193 Å². The number of rotatable bonds is 5. The van der Waals surface area contributed by atoms with Gasteiger partial charge in [-0.15, -0.1) is 0 Å². The second kappa shape index (κ2) is 12.0. The Morgan fingerprint density at radius 2 is 1.12 bits per heavy atom. The predicted molar refractivity (Wildman–Crippen MR) is 221 cm³/mol. The Morgan fingerprint density at radius 1 is 0.462 bits per heavy atom. The monoisotopic (exact) mass is 684 g/mol. The van der Waals surface area contributed by atoms with Crippen molar-refractivity contribution in [3.63, 3.8) is 0 Å². The smallest absolute Gasteiger partial charge is 0.0541 e. The highest BCUT2D eigenvalue weighted by Gasteiger charge is 2.33. The summed E-state index contributed by atoms with van der Waals surface area (Å²) in [5.41, 5.74) is 12.1. The predicted octanol–water partition coefficient (Wildman–Crippen LogP) is 13.9. The maximum atomic E-state index is 2.43. The van der Waals surface area contributed by atoms with Crippen LogP contribution in [0.25, 0.3) is 49.4 Å². The molecule has 0 radical (unpaired) electrons. The third kappa shape index (κ3) is 4.88. The summed E-state index contributed by atoms with van der Waals surface area (Å²) in [6, 6.07) is 66.6. The molecule has 0 atom stereocenters. The lowest BCUT2D eigenvalue weighted by atomic mass is 9.77. The zero-order valence-corrected chi connectivity index (χ0v) is 29.9. The molecule has 3 heteroatoms. The summed E-state index contributed by atoms with van der Waals surface area (Å²) >= 11 is 1.88. The van der Waals surface area contributed by atoms with Crippen molar-refractivity contribution in [1.29, 1.82) is 0 Å². The van der Waals surface area contributed by atoms with Crippen molar-refractivity contribution in [2.75, 3.05) is 4.90 Å². The van der Waals surface area contributed by atoms with Crippen LogP contribution in [0, 0.1) is 0 Å². The first-order chi connectivity index (χ1) is 25.5. The summed E-state index contributed by atoms with van der Waals surface area (Å²) in [4.78, 5) is 5.07. The minimum Gasteiger partial charge on any atom is -0.310 e. The number of aromatic nitrogens is 1. The van der Waals surface area contributed by atoms with Crippen LogP contribution in [0.1, 0.15) is 25.0 Å². The molecule has 0 saturated carbocycles. The van der Waals surface area contributed by atoms with Crippen LogP contribution in [0.4, 0.5) is 17.1 Å². The van der Waals surface area contributed by atoms with E-state index in [1.165, 1.54) is 76.0 Å². The molecule has 0 aliphatic carbocycles. The van der Waals surface area contributed by atoms with Crippen molar-refractivity contribution in [3.8, 4) is 16.8 Å².